The van der Waals surface area contributed by atoms with Crippen LogP contribution in [0.25, 0.3) is 0 Å². The van der Waals surface area contributed by atoms with Crippen molar-refractivity contribution in [3.8, 4) is 0 Å². The summed E-state index contributed by atoms with van der Waals surface area (Å²) in [5, 5.41) is 11.0. The van der Waals surface area contributed by atoms with Crippen molar-refractivity contribution in [2.24, 2.45) is 52.3 Å². The zero-order chi connectivity index (χ0) is 20.1. The summed E-state index contributed by atoms with van der Waals surface area (Å²) in [6, 6.07) is 0. The average Bonchev–Trinajstić information content (AvgIpc) is 3.00. The van der Waals surface area contributed by atoms with Crippen LogP contribution in [0.2, 0.25) is 0 Å². The maximum Gasteiger partial charge on any atom is 0.0779 e. The topological polar surface area (TPSA) is 20.2 Å². The molecule has 4 aliphatic rings. The summed E-state index contributed by atoms with van der Waals surface area (Å²) in [5.74, 6) is 5.92. The lowest BCUT2D eigenvalue weighted by atomic mass is 9.44. The highest BCUT2D eigenvalue weighted by molar-refractivity contribution is 5.15. The normalized spacial score (nSPS) is 48.8. The van der Waals surface area contributed by atoms with Gasteiger partial charge in [0.05, 0.1) is 6.10 Å². The van der Waals surface area contributed by atoms with Gasteiger partial charge in [-0.25, -0.2) is 0 Å². The first-order valence-electron chi connectivity index (χ1n) is 12.6. The van der Waals surface area contributed by atoms with Gasteiger partial charge in [-0.3, -0.25) is 0 Å². The van der Waals surface area contributed by atoms with Crippen LogP contribution in [-0.4, -0.2) is 11.2 Å². The number of aliphatic hydroxyl groups excluding tert-OH is 1. The van der Waals surface area contributed by atoms with Crippen molar-refractivity contribution in [1.82, 2.24) is 0 Å². The van der Waals surface area contributed by atoms with Gasteiger partial charge in [-0.15, -0.1) is 0 Å². The van der Waals surface area contributed by atoms with Crippen molar-refractivity contribution in [2.45, 2.75) is 105 Å². The van der Waals surface area contributed by atoms with Gasteiger partial charge in [-0.05, 0) is 91.8 Å². The van der Waals surface area contributed by atoms with Gasteiger partial charge < -0.3 is 5.11 Å². The first-order valence-corrected chi connectivity index (χ1v) is 12.6. The molecule has 3 fully saturated rings. The molecular weight excluding hydrogens is 340 g/mol. The Balaban J connectivity index is 1.50. The maximum absolute atomic E-state index is 11.0. The number of fused-ring (bicyclic) bond motifs is 5. The van der Waals surface area contributed by atoms with E-state index in [0.717, 1.165) is 35.5 Å². The summed E-state index contributed by atoms with van der Waals surface area (Å²) >= 11 is 0. The van der Waals surface area contributed by atoms with Gasteiger partial charge in [-0.2, -0.15) is 0 Å². The predicted octanol–water partition coefficient (Wildman–Crippen LogP) is 7.24. The summed E-state index contributed by atoms with van der Waals surface area (Å²) in [7, 11) is 0. The number of rotatable bonds is 5. The molecule has 0 bridgehead atoms. The highest BCUT2D eigenvalue weighted by Gasteiger charge is 2.61. The van der Waals surface area contributed by atoms with Gasteiger partial charge in [0.2, 0.25) is 0 Å². The third-order valence-corrected chi connectivity index (χ3v) is 10.5. The molecule has 1 heteroatoms. The van der Waals surface area contributed by atoms with Crippen molar-refractivity contribution in [3.63, 3.8) is 0 Å². The molecule has 160 valence electrons. The number of allylic oxidation sites excluding steroid dienone is 1. The molecule has 4 rings (SSSR count). The van der Waals surface area contributed by atoms with Crippen molar-refractivity contribution in [3.05, 3.63) is 12.2 Å². The van der Waals surface area contributed by atoms with E-state index in [1.54, 1.807) is 0 Å². The second kappa shape index (κ2) is 7.75. The van der Waals surface area contributed by atoms with Crippen molar-refractivity contribution < 1.29 is 5.11 Å². The minimum atomic E-state index is -0.212. The molecule has 0 heterocycles. The van der Waals surface area contributed by atoms with Gasteiger partial charge in [0, 0.05) is 5.41 Å². The third-order valence-electron chi connectivity index (χ3n) is 10.5. The smallest absolute Gasteiger partial charge is 0.0779 e. The Morgan fingerprint density at radius 1 is 0.964 bits per heavy atom. The summed E-state index contributed by atoms with van der Waals surface area (Å²) < 4.78 is 0. The predicted molar refractivity (Wildman–Crippen MR) is 119 cm³/mol. The van der Waals surface area contributed by atoms with Crippen LogP contribution in [0.4, 0.5) is 0 Å². The Hall–Kier alpha value is -0.300. The molecule has 9 atom stereocenters. The second-order valence-corrected chi connectivity index (χ2v) is 12.2. The standard InChI is InChI=1S/C27H46O/c1-18(2)8-6-9-19(3)22-14-15-23-21-13-12-20-10-7-11-25(28)27(20,5)24(21)16-17-26(22,23)4/h7,11,18-25,28H,6,8-10,12-17H2,1-5H3. The first-order chi connectivity index (χ1) is 13.3. The summed E-state index contributed by atoms with van der Waals surface area (Å²) in [6.45, 7) is 12.4. The van der Waals surface area contributed by atoms with Crippen molar-refractivity contribution >= 4 is 0 Å². The largest absolute Gasteiger partial charge is 0.388 e. The first kappa shape index (κ1) is 21.0. The Morgan fingerprint density at radius 2 is 1.75 bits per heavy atom. The Labute approximate surface area is 174 Å². The molecule has 1 N–H and O–H groups in total. The van der Waals surface area contributed by atoms with E-state index < -0.39 is 0 Å². The van der Waals surface area contributed by atoms with Crippen LogP contribution < -0.4 is 0 Å². The van der Waals surface area contributed by atoms with E-state index in [0.29, 0.717) is 11.3 Å². The van der Waals surface area contributed by atoms with Crippen molar-refractivity contribution in [1.29, 1.82) is 0 Å². The average molecular weight is 387 g/mol. The van der Waals surface area contributed by atoms with E-state index in [2.05, 4.69) is 46.8 Å². The van der Waals surface area contributed by atoms with Gasteiger partial charge in [0.1, 0.15) is 0 Å². The number of aliphatic hydroxyl groups is 1. The van der Waals surface area contributed by atoms with Crippen LogP contribution in [0.15, 0.2) is 12.2 Å². The van der Waals surface area contributed by atoms with Crippen LogP contribution in [-0.2, 0) is 0 Å². The Bertz CT molecular complexity index is 579. The summed E-state index contributed by atoms with van der Waals surface area (Å²) in [5.41, 5.74) is 0.705. The van der Waals surface area contributed by atoms with E-state index in [4.69, 9.17) is 0 Å². The van der Waals surface area contributed by atoms with Gasteiger partial charge in [0.15, 0.2) is 0 Å². The molecule has 1 nitrogen and oxygen atoms in total. The lowest BCUT2D eigenvalue weighted by Gasteiger charge is -2.61. The van der Waals surface area contributed by atoms with E-state index in [-0.39, 0.29) is 11.5 Å². The van der Waals surface area contributed by atoms with Gasteiger partial charge in [0.25, 0.3) is 0 Å². The summed E-state index contributed by atoms with van der Waals surface area (Å²) in [4.78, 5) is 0. The molecule has 9 unspecified atom stereocenters. The molecule has 0 radical (unpaired) electrons. The van der Waals surface area contributed by atoms with Gasteiger partial charge in [-0.1, -0.05) is 66.0 Å². The van der Waals surface area contributed by atoms with Crippen molar-refractivity contribution in [2.75, 3.05) is 0 Å². The van der Waals surface area contributed by atoms with Crippen LogP contribution in [0.3, 0.4) is 0 Å². The van der Waals surface area contributed by atoms with E-state index in [1.165, 1.54) is 64.2 Å². The van der Waals surface area contributed by atoms with Crippen LogP contribution in [0.1, 0.15) is 98.8 Å². The molecule has 0 aliphatic heterocycles. The molecule has 0 aromatic rings. The zero-order valence-electron chi connectivity index (χ0n) is 19.3. The van der Waals surface area contributed by atoms with E-state index in [9.17, 15) is 5.11 Å². The summed E-state index contributed by atoms with van der Waals surface area (Å²) in [6.07, 6.45) is 18.1. The Kier molecular flexibility index (Phi) is 5.80. The van der Waals surface area contributed by atoms with E-state index in [1.807, 2.05) is 0 Å². The molecule has 0 aromatic heterocycles. The fraction of sp³-hybridized carbons (Fsp3) is 0.926. The molecule has 3 saturated carbocycles. The van der Waals surface area contributed by atoms with Crippen LogP contribution in [0.5, 0.6) is 0 Å². The minimum absolute atomic E-state index is 0.139. The fourth-order valence-corrected chi connectivity index (χ4v) is 8.91. The highest BCUT2D eigenvalue weighted by Crippen LogP contribution is 2.68. The molecule has 0 saturated heterocycles. The Morgan fingerprint density at radius 3 is 2.50 bits per heavy atom. The molecule has 28 heavy (non-hydrogen) atoms. The fourth-order valence-electron chi connectivity index (χ4n) is 8.91. The minimum Gasteiger partial charge on any atom is -0.388 e. The molecule has 0 spiro atoms. The third kappa shape index (κ3) is 3.23. The molecule has 0 amide bonds. The number of hydrogen-bond donors (Lipinski definition) is 1. The molecular formula is C27H46O. The SMILES string of the molecule is CC(C)CCCC(C)C1CCC2C3CCC4CC=CC(O)C4(C)C3CCC12C. The quantitative estimate of drug-likeness (QED) is 0.493. The maximum atomic E-state index is 11.0. The van der Waals surface area contributed by atoms with E-state index >= 15 is 0 Å². The lowest BCUT2D eigenvalue weighted by Crippen LogP contribution is -2.56. The van der Waals surface area contributed by atoms with Gasteiger partial charge >= 0.3 is 0 Å². The molecule has 0 aromatic carbocycles. The lowest BCUT2D eigenvalue weighted by molar-refractivity contribution is -0.139. The second-order valence-electron chi connectivity index (χ2n) is 12.2. The monoisotopic (exact) mass is 386 g/mol. The molecule has 4 aliphatic carbocycles. The zero-order valence-corrected chi connectivity index (χ0v) is 19.3. The van der Waals surface area contributed by atoms with Crippen LogP contribution >= 0.6 is 0 Å². The highest BCUT2D eigenvalue weighted by atomic mass is 16.3. The van der Waals surface area contributed by atoms with Crippen LogP contribution in [0, 0.1) is 52.3 Å². The number of hydrogen-bond acceptors (Lipinski definition) is 1.